The van der Waals surface area contributed by atoms with Gasteiger partial charge in [0.25, 0.3) is 0 Å². The van der Waals surface area contributed by atoms with Crippen LogP contribution in [0.25, 0.3) is 0 Å². The van der Waals surface area contributed by atoms with E-state index >= 15 is 0 Å². The summed E-state index contributed by atoms with van der Waals surface area (Å²) in [5.41, 5.74) is 3.00. The van der Waals surface area contributed by atoms with Crippen LogP contribution in [0.5, 0.6) is 17.2 Å². The maximum Gasteiger partial charge on any atom is 0.330 e. The van der Waals surface area contributed by atoms with Gasteiger partial charge in [-0.3, -0.25) is 4.79 Å². The molecule has 0 saturated carbocycles. The molecule has 6 nitrogen and oxygen atoms in total. The van der Waals surface area contributed by atoms with Crippen LogP contribution in [0.1, 0.15) is 47.2 Å². The number of Topliss-reactive ketones (excluding diaryl/α,β-unsaturated/α-hetero) is 1. The summed E-state index contributed by atoms with van der Waals surface area (Å²) < 4.78 is 16.3. The van der Waals surface area contributed by atoms with Gasteiger partial charge in [-0.25, -0.2) is 4.79 Å². The summed E-state index contributed by atoms with van der Waals surface area (Å²) in [6.07, 6.45) is 6.78. The first kappa shape index (κ1) is 27.5. The molecule has 0 aliphatic heterocycles. The highest BCUT2D eigenvalue weighted by Gasteiger charge is 2.07. The van der Waals surface area contributed by atoms with E-state index in [1.165, 1.54) is 23.8 Å². The Balaban J connectivity index is 1.31. The average Bonchev–Trinajstić information content (AvgIpc) is 2.93. The molecular formula is C31H34O6. The van der Waals surface area contributed by atoms with Crippen LogP contribution in [-0.4, -0.2) is 36.7 Å². The lowest BCUT2D eigenvalue weighted by atomic mass is 10.0. The summed E-state index contributed by atoms with van der Waals surface area (Å²) >= 11 is 0. The minimum absolute atomic E-state index is 0.0498. The molecule has 3 aromatic rings. The molecule has 0 unspecified atom stereocenters. The largest absolute Gasteiger partial charge is 0.508 e. The van der Waals surface area contributed by atoms with Crippen LogP contribution in [0.2, 0.25) is 0 Å². The van der Waals surface area contributed by atoms with Gasteiger partial charge in [-0.2, -0.15) is 0 Å². The molecule has 194 valence electrons. The van der Waals surface area contributed by atoms with Crippen molar-refractivity contribution in [3.8, 4) is 17.2 Å². The number of ether oxygens (including phenoxy) is 3. The predicted molar refractivity (Wildman–Crippen MR) is 143 cm³/mol. The van der Waals surface area contributed by atoms with E-state index in [1.807, 2.05) is 36.4 Å². The average molecular weight is 503 g/mol. The Morgan fingerprint density at radius 2 is 1.24 bits per heavy atom. The van der Waals surface area contributed by atoms with Crippen molar-refractivity contribution in [3.05, 3.63) is 102 Å². The van der Waals surface area contributed by atoms with Gasteiger partial charge in [0.1, 0.15) is 17.2 Å². The third-order valence-electron chi connectivity index (χ3n) is 5.83. The number of aryl methyl sites for hydroxylation is 2. The SMILES string of the molecule is C=CC(=O)OCCCCCCOc1ccc(CCc2ccc(C(=O)COc3ccc(O)cc3)cc2)cc1. The number of benzene rings is 3. The highest BCUT2D eigenvalue weighted by atomic mass is 16.5. The number of hydrogen-bond acceptors (Lipinski definition) is 6. The van der Waals surface area contributed by atoms with E-state index in [-0.39, 0.29) is 24.1 Å². The van der Waals surface area contributed by atoms with Crippen LogP contribution in [0.4, 0.5) is 0 Å². The molecule has 0 aliphatic carbocycles. The highest BCUT2D eigenvalue weighted by molar-refractivity contribution is 5.97. The summed E-state index contributed by atoms with van der Waals surface area (Å²) in [7, 11) is 0. The van der Waals surface area contributed by atoms with Crippen molar-refractivity contribution in [2.24, 2.45) is 0 Å². The van der Waals surface area contributed by atoms with Crippen molar-refractivity contribution in [1.82, 2.24) is 0 Å². The molecule has 6 heteroatoms. The zero-order valence-corrected chi connectivity index (χ0v) is 21.1. The number of carbonyl (C=O) groups excluding carboxylic acids is 2. The van der Waals surface area contributed by atoms with Crippen LogP contribution in [0.3, 0.4) is 0 Å². The van der Waals surface area contributed by atoms with Gasteiger partial charge in [0.05, 0.1) is 13.2 Å². The van der Waals surface area contributed by atoms with Gasteiger partial charge < -0.3 is 19.3 Å². The zero-order chi connectivity index (χ0) is 26.3. The number of carbonyl (C=O) groups is 2. The Bertz CT molecular complexity index is 1120. The van der Waals surface area contributed by atoms with Crippen LogP contribution in [0.15, 0.2) is 85.5 Å². The second-order valence-electron chi connectivity index (χ2n) is 8.68. The molecule has 1 N–H and O–H groups in total. The first-order chi connectivity index (χ1) is 18.0. The van der Waals surface area contributed by atoms with Crippen molar-refractivity contribution in [2.75, 3.05) is 19.8 Å². The maximum atomic E-state index is 12.4. The summed E-state index contributed by atoms with van der Waals surface area (Å²) in [6, 6.07) is 22.1. The Morgan fingerprint density at radius 1 is 0.703 bits per heavy atom. The Morgan fingerprint density at radius 3 is 1.86 bits per heavy atom. The van der Waals surface area contributed by atoms with Crippen molar-refractivity contribution < 1.29 is 28.9 Å². The quantitative estimate of drug-likeness (QED) is 0.110. The number of esters is 1. The van der Waals surface area contributed by atoms with Gasteiger partial charge in [-0.1, -0.05) is 43.0 Å². The Hall–Kier alpha value is -4.06. The minimum atomic E-state index is -0.369. The molecule has 0 atom stereocenters. The number of rotatable bonds is 16. The molecule has 0 heterocycles. The molecule has 0 spiro atoms. The van der Waals surface area contributed by atoms with E-state index in [0.29, 0.717) is 24.5 Å². The fourth-order valence-corrected chi connectivity index (χ4v) is 3.65. The smallest absolute Gasteiger partial charge is 0.330 e. The van der Waals surface area contributed by atoms with Crippen molar-refractivity contribution >= 4 is 11.8 Å². The molecule has 37 heavy (non-hydrogen) atoms. The number of phenolic OH excluding ortho intramolecular Hbond substituents is 1. The lowest BCUT2D eigenvalue weighted by Crippen LogP contribution is -2.11. The molecule has 3 aromatic carbocycles. The third kappa shape index (κ3) is 10.2. The van der Waals surface area contributed by atoms with Gasteiger partial charge in [-0.15, -0.1) is 0 Å². The number of phenols is 1. The monoisotopic (exact) mass is 502 g/mol. The zero-order valence-electron chi connectivity index (χ0n) is 21.1. The van der Waals surface area contributed by atoms with Crippen molar-refractivity contribution in [1.29, 1.82) is 0 Å². The molecule has 0 aliphatic rings. The first-order valence-corrected chi connectivity index (χ1v) is 12.6. The number of hydrogen-bond donors (Lipinski definition) is 1. The van der Waals surface area contributed by atoms with E-state index in [9.17, 15) is 14.7 Å². The molecular weight excluding hydrogens is 468 g/mol. The molecule has 0 saturated heterocycles. The third-order valence-corrected chi connectivity index (χ3v) is 5.83. The first-order valence-electron chi connectivity index (χ1n) is 12.6. The summed E-state index contributed by atoms with van der Waals surface area (Å²) in [5, 5.41) is 9.31. The highest BCUT2D eigenvalue weighted by Crippen LogP contribution is 2.17. The van der Waals surface area contributed by atoms with Gasteiger partial charge in [0, 0.05) is 11.6 Å². The number of ketones is 1. The second-order valence-corrected chi connectivity index (χ2v) is 8.68. The van der Waals surface area contributed by atoms with Crippen molar-refractivity contribution in [2.45, 2.75) is 38.5 Å². The fourth-order valence-electron chi connectivity index (χ4n) is 3.65. The van der Waals surface area contributed by atoms with Crippen LogP contribution < -0.4 is 9.47 Å². The number of unbranched alkanes of at least 4 members (excludes halogenated alkanes) is 3. The van der Waals surface area contributed by atoms with E-state index < -0.39 is 0 Å². The summed E-state index contributed by atoms with van der Waals surface area (Å²) in [6.45, 7) is 4.42. The van der Waals surface area contributed by atoms with Gasteiger partial charge in [-0.05, 0) is 86.1 Å². The van der Waals surface area contributed by atoms with Gasteiger partial charge >= 0.3 is 5.97 Å². The predicted octanol–water partition coefficient (Wildman–Crippen LogP) is 6.11. The van der Waals surface area contributed by atoms with Gasteiger partial charge in [0.15, 0.2) is 12.4 Å². The normalized spacial score (nSPS) is 10.5. The Kier molecular flexibility index (Phi) is 11.3. The molecule has 0 bridgehead atoms. The summed E-state index contributed by atoms with van der Waals surface area (Å²) in [4.78, 5) is 23.3. The molecule has 0 aromatic heterocycles. The molecule has 0 radical (unpaired) electrons. The van der Waals surface area contributed by atoms with E-state index in [2.05, 4.69) is 18.7 Å². The lowest BCUT2D eigenvalue weighted by Gasteiger charge is -2.08. The molecule has 3 rings (SSSR count). The fraction of sp³-hybridized carbons (Fsp3) is 0.290. The Labute approximate surface area is 218 Å². The standard InChI is InChI=1S/C31H34O6/c1-2-31(34)36-22-6-4-3-5-21-35-28-17-11-25(12-18-28)8-7-24-9-13-26(14-10-24)30(33)23-37-29-19-15-27(32)16-20-29/h2,9-20,32H,1,3-8,21-23H2. The van der Waals surface area contributed by atoms with E-state index in [1.54, 1.807) is 12.1 Å². The lowest BCUT2D eigenvalue weighted by molar-refractivity contribution is -0.137. The van der Waals surface area contributed by atoms with Crippen LogP contribution >= 0.6 is 0 Å². The van der Waals surface area contributed by atoms with Crippen molar-refractivity contribution in [3.63, 3.8) is 0 Å². The summed E-state index contributed by atoms with van der Waals surface area (Å²) in [5.74, 6) is 1.10. The number of aromatic hydroxyl groups is 1. The maximum absolute atomic E-state index is 12.4. The molecule has 0 fully saturated rings. The van der Waals surface area contributed by atoms with E-state index in [4.69, 9.17) is 14.2 Å². The van der Waals surface area contributed by atoms with E-state index in [0.717, 1.165) is 49.8 Å². The van der Waals surface area contributed by atoms with Gasteiger partial charge in [0.2, 0.25) is 0 Å². The topological polar surface area (TPSA) is 82.1 Å². The van der Waals surface area contributed by atoms with Crippen LogP contribution in [-0.2, 0) is 22.4 Å². The minimum Gasteiger partial charge on any atom is -0.508 e. The second kappa shape index (κ2) is 15.1. The molecule has 0 amide bonds. The van der Waals surface area contributed by atoms with Crippen LogP contribution in [0, 0.1) is 0 Å².